The standard InChI is InChI=1S/C10H14O4Si/c1-10(2,3)5-4-6(11)9(15-14)8(13)7(5)12/h4,11-14H,1-3H3. The van der Waals surface area contributed by atoms with Crippen LogP contribution in [0.25, 0.3) is 0 Å². The van der Waals surface area contributed by atoms with Crippen LogP contribution in [0.4, 0.5) is 0 Å². The maximum atomic E-state index is 9.70. The van der Waals surface area contributed by atoms with Crippen molar-refractivity contribution in [2.24, 2.45) is 0 Å². The van der Waals surface area contributed by atoms with Gasteiger partial charge in [-0.25, -0.2) is 0 Å². The van der Waals surface area contributed by atoms with Crippen LogP contribution < -0.4 is 5.19 Å². The molecule has 15 heavy (non-hydrogen) atoms. The SMILES string of the molecule is CC(C)(C)c1cc(O)c([Si]O)c(O)c1O. The molecule has 1 aromatic rings. The van der Waals surface area contributed by atoms with Gasteiger partial charge in [-0.15, -0.1) is 0 Å². The number of benzene rings is 1. The Bertz CT molecular complexity index is 382. The van der Waals surface area contributed by atoms with Crippen LogP contribution in [-0.4, -0.2) is 29.9 Å². The molecule has 5 heteroatoms. The Balaban J connectivity index is 3.48. The molecule has 0 saturated heterocycles. The molecule has 0 aliphatic rings. The van der Waals surface area contributed by atoms with E-state index in [-0.39, 0.29) is 16.7 Å². The lowest BCUT2D eigenvalue weighted by Crippen LogP contribution is -2.18. The molecule has 0 saturated carbocycles. The summed E-state index contributed by atoms with van der Waals surface area (Å²) in [5.74, 6) is -0.923. The highest BCUT2D eigenvalue weighted by Crippen LogP contribution is 2.38. The Morgan fingerprint density at radius 3 is 2.00 bits per heavy atom. The second-order valence-electron chi connectivity index (χ2n) is 4.38. The quantitative estimate of drug-likeness (QED) is 0.316. The topological polar surface area (TPSA) is 80.9 Å². The lowest BCUT2D eigenvalue weighted by molar-refractivity contribution is 0.384. The number of phenols is 3. The summed E-state index contributed by atoms with van der Waals surface area (Å²) in [5.41, 5.74) is 0.0513. The minimum atomic E-state index is -0.756. The molecule has 0 fully saturated rings. The van der Waals surface area contributed by atoms with Crippen LogP contribution in [0.1, 0.15) is 26.3 Å². The summed E-state index contributed by atoms with van der Waals surface area (Å²) in [4.78, 5) is 8.91. The van der Waals surface area contributed by atoms with Crippen LogP contribution in [0.3, 0.4) is 0 Å². The van der Waals surface area contributed by atoms with E-state index in [1.165, 1.54) is 6.07 Å². The van der Waals surface area contributed by atoms with Crippen LogP contribution in [0.2, 0.25) is 0 Å². The summed E-state index contributed by atoms with van der Waals surface area (Å²) < 4.78 is 0. The Hall–Kier alpha value is -1.20. The lowest BCUT2D eigenvalue weighted by Gasteiger charge is -2.22. The van der Waals surface area contributed by atoms with Gasteiger partial charge in [0.25, 0.3) is 9.76 Å². The zero-order valence-electron chi connectivity index (χ0n) is 8.87. The molecule has 0 aromatic heterocycles. The molecule has 4 N–H and O–H groups in total. The van der Waals surface area contributed by atoms with Crippen molar-refractivity contribution in [3.8, 4) is 17.2 Å². The highest BCUT2D eigenvalue weighted by molar-refractivity contribution is 6.48. The highest BCUT2D eigenvalue weighted by atomic mass is 28.2. The van der Waals surface area contributed by atoms with E-state index < -0.39 is 20.9 Å². The summed E-state index contributed by atoms with van der Waals surface area (Å²) in [6.45, 7) is 5.55. The summed E-state index contributed by atoms with van der Waals surface area (Å²) in [5, 5.41) is 28.8. The fourth-order valence-corrected chi connectivity index (χ4v) is 1.74. The van der Waals surface area contributed by atoms with E-state index in [0.29, 0.717) is 5.56 Å². The van der Waals surface area contributed by atoms with Crippen LogP contribution in [0.15, 0.2) is 6.07 Å². The first-order chi connectivity index (χ1) is 6.79. The van der Waals surface area contributed by atoms with E-state index in [1.54, 1.807) is 0 Å². The third kappa shape index (κ3) is 2.08. The first-order valence-corrected chi connectivity index (χ1v) is 5.42. The Labute approximate surface area is 90.8 Å². The average molecular weight is 226 g/mol. The van der Waals surface area contributed by atoms with Crippen molar-refractivity contribution in [1.29, 1.82) is 0 Å². The first-order valence-electron chi connectivity index (χ1n) is 4.47. The van der Waals surface area contributed by atoms with Gasteiger partial charge in [0, 0.05) is 5.56 Å². The highest BCUT2D eigenvalue weighted by Gasteiger charge is 2.24. The molecule has 1 aromatic carbocycles. The molecule has 0 atom stereocenters. The minimum Gasteiger partial charge on any atom is -0.508 e. The van der Waals surface area contributed by atoms with Gasteiger partial charge in [-0.1, -0.05) is 20.8 Å². The summed E-state index contributed by atoms with van der Waals surface area (Å²) in [7, 11) is -0.756. The van der Waals surface area contributed by atoms with Crippen molar-refractivity contribution in [2.75, 3.05) is 0 Å². The molecule has 0 aliphatic carbocycles. The minimum absolute atomic E-state index is 0.0273. The number of hydrogen-bond acceptors (Lipinski definition) is 4. The monoisotopic (exact) mass is 226 g/mol. The molecular formula is C10H14O4Si. The normalized spacial score (nSPS) is 11.7. The number of aromatic hydroxyl groups is 3. The zero-order valence-corrected chi connectivity index (χ0v) is 9.87. The molecule has 1 rings (SSSR count). The van der Waals surface area contributed by atoms with Crippen molar-refractivity contribution in [3.63, 3.8) is 0 Å². The van der Waals surface area contributed by atoms with Gasteiger partial charge in [0.15, 0.2) is 11.5 Å². The van der Waals surface area contributed by atoms with Crippen molar-refractivity contribution in [1.82, 2.24) is 0 Å². The maximum Gasteiger partial charge on any atom is 0.273 e. The smallest absolute Gasteiger partial charge is 0.273 e. The molecule has 82 valence electrons. The molecule has 2 radical (unpaired) electrons. The van der Waals surface area contributed by atoms with Crippen LogP contribution >= 0.6 is 0 Å². The van der Waals surface area contributed by atoms with Crippen molar-refractivity contribution < 1.29 is 20.1 Å². The van der Waals surface area contributed by atoms with Gasteiger partial charge in [-0.3, -0.25) is 0 Å². The average Bonchev–Trinajstić information content (AvgIpc) is 2.10. The first kappa shape index (κ1) is 11.9. The fraction of sp³-hybridized carbons (Fsp3) is 0.400. The van der Waals surface area contributed by atoms with Gasteiger partial charge in [-0.05, 0) is 11.5 Å². The van der Waals surface area contributed by atoms with Gasteiger partial charge in [0.05, 0.1) is 5.19 Å². The second kappa shape index (κ2) is 3.75. The van der Waals surface area contributed by atoms with E-state index in [2.05, 4.69) is 0 Å². The lowest BCUT2D eigenvalue weighted by atomic mass is 9.86. The van der Waals surface area contributed by atoms with Gasteiger partial charge >= 0.3 is 0 Å². The zero-order chi connectivity index (χ0) is 11.8. The molecule has 0 heterocycles. The Morgan fingerprint density at radius 1 is 1.07 bits per heavy atom. The summed E-state index contributed by atoms with van der Waals surface area (Å²) >= 11 is 0. The second-order valence-corrected chi connectivity index (χ2v) is 5.10. The maximum absolute atomic E-state index is 9.70. The van der Waals surface area contributed by atoms with Crippen molar-refractivity contribution in [2.45, 2.75) is 26.2 Å². The molecule has 0 aliphatic heterocycles. The molecule has 4 nitrogen and oxygen atoms in total. The third-order valence-corrected chi connectivity index (χ3v) is 2.89. The van der Waals surface area contributed by atoms with E-state index in [1.807, 2.05) is 20.8 Å². The predicted octanol–water partition coefficient (Wildman–Crippen LogP) is 0.338. The molecule has 0 spiro atoms. The summed E-state index contributed by atoms with van der Waals surface area (Å²) in [6.07, 6.45) is 0. The Morgan fingerprint density at radius 2 is 1.60 bits per heavy atom. The number of rotatable bonds is 1. The number of hydrogen-bond donors (Lipinski definition) is 4. The molecule has 0 bridgehead atoms. The van der Waals surface area contributed by atoms with E-state index in [9.17, 15) is 15.3 Å². The van der Waals surface area contributed by atoms with Gasteiger partial charge in [0.2, 0.25) is 0 Å². The van der Waals surface area contributed by atoms with Crippen molar-refractivity contribution >= 4 is 14.9 Å². The van der Waals surface area contributed by atoms with Gasteiger partial charge in [-0.2, -0.15) is 0 Å². The summed E-state index contributed by atoms with van der Waals surface area (Å²) in [6, 6.07) is 1.37. The van der Waals surface area contributed by atoms with Gasteiger partial charge < -0.3 is 20.1 Å². The Kier molecular flexibility index (Phi) is 2.97. The largest absolute Gasteiger partial charge is 0.508 e. The molecular weight excluding hydrogens is 212 g/mol. The molecule has 0 amide bonds. The van der Waals surface area contributed by atoms with Crippen molar-refractivity contribution in [3.05, 3.63) is 11.6 Å². The third-order valence-electron chi connectivity index (χ3n) is 2.17. The number of phenolic OH excluding ortho intramolecular Hbond substituents is 3. The van der Waals surface area contributed by atoms with E-state index in [4.69, 9.17) is 4.80 Å². The van der Waals surface area contributed by atoms with E-state index >= 15 is 0 Å². The van der Waals surface area contributed by atoms with Crippen LogP contribution in [0.5, 0.6) is 17.2 Å². The predicted molar refractivity (Wildman–Crippen MR) is 57.7 cm³/mol. The fourth-order valence-electron chi connectivity index (χ4n) is 1.33. The van der Waals surface area contributed by atoms with Gasteiger partial charge in [0.1, 0.15) is 5.75 Å². The van der Waals surface area contributed by atoms with Crippen LogP contribution in [-0.2, 0) is 5.41 Å². The van der Waals surface area contributed by atoms with Crippen LogP contribution in [0, 0.1) is 0 Å². The molecule has 0 unspecified atom stereocenters. The van der Waals surface area contributed by atoms with E-state index in [0.717, 1.165) is 0 Å².